The second-order valence-corrected chi connectivity index (χ2v) is 4.46. The van der Waals surface area contributed by atoms with Gasteiger partial charge in [-0.05, 0) is 6.07 Å². The molecule has 0 saturated carbocycles. The third-order valence-electron chi connectivity index (χ3n) is 2.69. The number of aliphatic hydroxyl groups is 1. The summed E-state index contributed by atoms with van der Waals surface area (Å²) in [6.45, 7) is 0.243. The smallest absolute Gasteiger partial charge is 0.223 e. The van der Waals surface area contributed by atoms with E-state index in [0.29, 0.717) is 17.1 Å². The molecule has 0 aliphatic heterocycles. The van der Waals surface area contributed by atoms with Crippen LogP contribution in [0.4, 0.5) is 11.8 Å². The number of rotatable bonds is 5. The van der Waals surface area contributed by atoms with Gasteiger partial charge in [-0.2, -0.15) is 4.98 Å². The zero-order valence-electron chi connectivity index (χ0n) is 10.9. The third kappa shape index (κ3) is 3.49. The first-order valence-electron chi connectivity index (χ1n) is 5.95. The third-order valence-corrected chi connectivity index (χ3v) is 2.88. The lowest BCUT2D eigenvalue weighted by Crippen LogP contribution is -2.14. The molecule has 0 amide bonds. The summed E-state index contributed by atoms with van der Waals surface area (Å²) in [7, 11) is 1.56. The Morgan fingerprint density at radius 1 is 1.40 bits per heavy atom. The van der Waals surface area contributed by atoms with Crippen molar-refractivity contribution in [1.29, 1.82) is 0 Å². The number of hydrogen-bond donors (Lipinski definition) is 3. The maximum atomic E-state index is 10.2. The molecule has 0 fully saturated rings. The Morgan fingerprint density at radius 2 is 2.15 bits per heavy atom. The van der Waals surface area contributed by atoms with Crippen molar-refractivity contribution in [3.05, 3.63) is 41.0 Å². The van der Waals surface area contributed by atoms with Crippen molar-refractivity contribution in [3.63, 3.8) is 0 Å². The van der Waals surface area contributed by atoms with Crippen LogP contribution in [-0.2, 0) is 0 Å². The van der Waals surface area contributed by atoms with Crippen LogP contribution in [0.2, 0.25) is 5.15 Å². The van der Waals surface area contributed by atoms with Crippen molar-refractivity contribution in [2.75, 3.05) is 24.7 Å². The molecule has 2 rings (SSSR count). The lowest BCUT2D eigenvalue weighted by atomic mass is 10.1. The number of anilines is 2. The molecule has 0 aliphatic carbocycles. The van der Waals surface area contributed by atoms with Crippen molar-refractivity contribution in [1.82, 2.24) is 9.97 Å². The Labute approximate surface area is 121 Å². The number of nitrogens with one attached hydrogen (secondary N) is 1. The first kappa shape index (κ1) is 14.4. The molecule has 1 aromatic heterocycles. The highest BCUT2D eigenvalue weighted by atomic mass is 35.5. The van der Waals surface area contributed by atoms with E-state index < -0.39 is 6.10 Å². The van der Waals surface area contributed by atoms with E-state index >= 15 is 0 Å². The maximum absolute atomic E-state index is 10.2. The van der Waals surface area contributed by atoms with E-state index in [1.807, 2.05) is 12.1 Å². The number of nitrogen functional groups attached to an aromatic ring is 1. The van der Waals surface area contributed by atoms with Crippen LogP contribution < -0.4 is 15.8 Å². The summed E-state index contributed by atoms with van der Waals surface area (Å²) in [5, 5.41) is 13.4. The highest BCUT2D eigenvalue weighted by molar-refractivity contribution is 6.29. The quantitative estimate of drug-likeness (QED) is 0.729. The molecular formula is C13H15ClN4O2. The molecule has 20 heavy (non-hydrogen) atoms. The Morgan fingerprint density at radius 3 is 2.85 bits per heavy atom. The van der Waals surface area contributed by atoms with Crippen LogP contribution in [0.25, 0.3) is 0 Å². The minimum absolute atomic E-state index is 0.0757. The number of halogens is 1. The van der Waals surface area contributed by atoms with E-state index in [1.54, 1.807) is 19.2 Å². The highest BCUT2D eigenvalue weighted by Gasteiger charge is 2.13. The van der Waals surface area contributed by atoms with Crippen LogP contribution in [-0.4, -0.2) is 28.7 Å². The second kappa shape index (κ2) is 6.40. The Hall–Kier alpha value is -2.05. The summed E-state index contributed by atoms with van der Waals surface area (Å²) < 4.78 is 5.20. The molecule has 0 radical (unpaired) electrons. The molecule has 1 unspecified atom stereocenters. The van der Waals surface area contributed by atoms with Crippen molar-refractivity contribution < 1.29 is 9.84 Å². The molecule has 7 heteroatoms. The van der Waals surface area contributed by atoms with Gasteiger partial charge in [0.1, 0.15) is 16.7 Å². The number of nitrogens with zero attached hydrogens (tertiary/aromatic N) is 2. The Balaban J connectivity index is 2.06. The number of aliphatic hydroxyl groups excluding tert-OH is 1. The first-order chi connectivity index (χ1) is 9.60. The first-order valence-corrected chi connectivity index (χ1v) is 6.33. The van der Waals surface area contributed by atoms with Gasteiger partial charge in [0.05, 0.1) is 13.2 Å². The number of benzene rings is 1. The van der Waals surface area contributed by atoms with E-state index in [2.05, 4.69) is 15.3 Å². The molecule has 0 bridgehead atoms. The molecule has 1 heterocycles. The van der Waals surface area contributed by atoms with Gasteiger partial charge >= 0.3 is 0 Å². The topological polar surface area (TPSA) is 93.3 Å². The average Bonchev–Trinajstić information content (AvgIpc) is 2.43. The lowest BCUT2D eigenvalue weighted by molar-refractivity contribution is 0.187. The molecule has 2 aromatic rings. The predicted octanol–water partition coefficient (Wildman–Crippen LogP) is 1.87. The molecule has 0 aliphatic rings. The van der Waals surface area contributed by atoms with E-state index in [0.717, 1.165) is 0 Å². The van der Waals surface area contributed by atoms with Gasteiger partial charge in [-0.25, -0.2) is 4.98 Å². The normalized spacial score (nSPS) is 11.9. The number of aromatic nitrogens is 2. The molecule has 4 N–H and O–H groups in total. The van der Waals surface area contributed by atoms with Crippen molar-refractivity contribution in [2.45, 2.75) is 6.10 Å². The largest absolute Gasteiger partial charge is 0.496 e. The molecule has 0 saturated heterocycles. The summed E-state index contributed by atoms with van der Waals surface area (Å²) in [6, 6.07) is 8.80. The van der Waals surface area contributed by atoms with Crippen LogP contribution in [0.15, 0.2) is 30.3 Å². The minimum atomic E-state index is -0.749. The molecule has 1 aromatic carbocycles. The van der Waals surface area contributed by atoms with Crippen molar-refractivity contribution in [3.8, 4) is 5.75 Å². The van der Waals surface area contributed by atoms with Crippen LogP contribution >= 0.6 is 11.6 Å². The van der Waals surface area contributed by atoms with Gasteiger partial charge in [0.25, 0.3) is 0 Å². The van der Waals surface area contributed by atoms with Gasteiger partial charge < -0.3 is 20.9 Å². The van der Waals surface area contributed by atoms with E-state index in [4.69, 9.17) is 22.1 Å². The molecule has 1 atom stereocenters. The van der Waals surface area contributed by atoms with Gasteiger partial charge in [0, 0.05) is 18.2 Å². The summed E-state index contributed by atoms with van der Waals surface area (Å²) in [5.41, 5.74) is 6.18. The average molecular weight is 295 g/mol. The SMILES string of the molecule is COc1ccccc1C(O)CNc1cc(Cl)nc(N)n1. The summed E-state index contributed by atoms with van der Waals surface area (Å²) in [4.78, 5) is 7.73. The molecule has 6 nitrogen and oxygen atoms in total. The fraction of sp³-hybridized carbons (Fsp3) is 0.231. The van der Waals surface area contributed by atoms with Crippen LogP contribution in [0.5, 0.6) is 5.75 Å². The maximum Gasteiger partial charge on any atom is 0.223 e. The van der Waals surface area contributed by atoms with Crippen LogP contribution in [0, 0.1) is 0 Å². The van der Waals surface area contributed by atoms with E-state index in [9.17, 15) is 5.11 Å². The van der Waals surface area contributed by atoms with Gasteiger partial charge in [0.15, 0.2) is 0 Å². The monoisotopic (exact) mass is 294 g/mol. The lowest BCUT2D eigenvalue weighted by Gasteiger charge is -2.15. The van der Waals surface area contributed by atoms with Crippen molar-refractivity contribution >= 4 is 23.4 Å². The van der Waals surface area contributed by atoms with Crippen LogP contribution in [0.1, 0.15) is 11.7 Å². The highest BCUT2D eigenvalue weighted by Crippen LogP contribution is 2.25. The fourth-order valence-corrected chi connectivity index (χ4v) is 1.97. The van der Waals surface area contributed by atoms with Gasteiger partial charge in [0.2, 0.25) is 5.95 Å². The standard InChI is InChI=1S/C13H15ClN4O2/c1-20-10-5-3-2-4-8(10)9(19)7-16-12-6-11(14)17-13(15)18-12/h2-6,9,19H,7H2,1H3,(H3,15,16,17,18). The predicted molar refractivity (Wildman–Crippen MR) is 77.9 cm³/mol. The molecule has 106 valence electrons. The molecule has 0 spiro atoms. The number of methoxy groups -OCH3 is 1. The van der Waals surface area contributed by atoms with Gasteiger partial charge in [-0.3, -0.25) is 0 Å². The second-order valence-electron chi connectivity index (χ2n) is 4.07. The Kier molecular flexibility index (Phi) is 4.60. The van der Waals surface area contributed by atoms with E-state index in [-0.39, 0.29) is 17.6 Å². The summed E-state index contributed by atoms with van der Waals surface area (Å²) in [5.74, 6) is 1.16. The Bertz CT molecular complexity index is 574. The van der Waals surface area contributed by atoms with Crippen LogP contribution in [0.3, 0.4) is 0 Å². The van der Waals surface area contributed by atoms with Gasteiger partial charge in [-0.15, -0.1) is 0 Å². The summed E-state index contributed by atoms with van der Waals surface area (Å²) >= 11 is 5.78. The zero-order valence-corrected chi connectivity index (χ0v) is 11.6. The zero-order chi connectivity index (χ0) is 14.5. The number of para-hydroxylation sites is 1. The number of hydrogen-bond acceptors (Lipinski definition) is 6. The van der Waals surface area contributed by atoms with Gasteiger partial charge in [-0.1, -0.05) is 29.8 Å². The molecular weight excluding hydrogens is 280 g/mol. The fourth-order valence-electron chi connectivity index (χ4n) is 1.78. The summed E-state index contributed by atoms with van der Waals surface area (Å²) in [6.07, 6.45) is -0.749. The minimum Gasteiger partial charge on any atom is -0.496 e. The number of ether oxygens (including phenoxy) is 1. The van der Waals surface area contributed by atoms with Crippen molar-refractivity contribution in [2.24, 2.45) is 0 Å². The number of nitrogens with two attached hydrogens (primary N) is 1. The van der Waals surface area contributed by atoms with E-state index in [1.165, 1.54) is 6.07 Å².